The Hall–Kier alpha value is -2.16. The van der Waals surface area contributed by atoms with Crippen LogP contribution in [0.4, 0.5) is 0 Å². The fraction of sp³-hybridized carbons (Fsp3) is 0.294. The minimum Gasteiger partial charge on any atom is -0.481 e. The number of hydrogen-bond acceptors (Lipinski definition) is 2. The van der Waals surface area contributed by atoms with E-state index in [2.05, 4.69) is 0 Å². The number of Topliss-reactive ketones (excluding diaryl/α,β-unsaturated/α-hetero) is 1. The highest BCUT2D eigenvalue weighted by molar-refractivity contribution is 6.10. The highest BCUT2D eigenvalue weighted by Crippen LogP contribution is 2.28. The van der Waals surface area contributed by atoms with E-state index >= 15 is 0 Å². The van der Waals surface area contributed by atoms with Crippen LogP contribution in [0.15, 0.2) is 36.4 Å². The highest BCUT2D eigenvalue weighted by atomic mass is 16.4. The number of aliphatic carboxylic acids is 1. The Morgan fingerprint density at radius 1 is 1.10 bits per heavy atom. The first-order valence-corrected chi connectivity index (χ1v) is 6.58. The zero-order valence-corrected chi connectivity index (χ0v) is 11.9. The van der Waals surface area contributed by atoms with E-state index in [1.165, 1.54) is 0 Å². The molecule has 0 heterocycles. The molecule has 20 heavy (non-hydrogen) atoms. The molecule has 2 aromatic carbocycles. The maximum absolute atomic E-state index is 12.5. The number of carboxylic acid groups (broad SMARTS) is 1. The van der Waals surface area contributed by atoms with E-state index < -0.39 is 11.4 Å². The van der Waals surface area contributed by atoms with Crippen LogP contribution in [0.1, 0.15) is 36.2 Å². The molecule has 0 spiro atoms. The molecule has 104 valence electrons. The largest absolute Gasteiger partial charge is 0.481 e. The van der Waals surface area contributed by atoms with Gasteiger partial charge in [-0.1, -0.05) is 36.4 Å². The van der Waals surface area contributed by atoms with Crippen molar-refractivity contribution in [3.8, 4) is 0 Å². The van der Waals surface area contributed by atoms with Crippen molar-refractivity contribution in [2.45, 2.75) is 27.2 Å². The number of ketones is 1. The van der Waals surface area contributed by atoms with Gasteiger partial charge < -0.3 is 5.11 Å². The van der Waals surface area contributed by atoms with Crippen LogP contribution in [0.25, 0.3) is 10.8 Å². The van der Waals surface area contributed by atoms with E-state index in [1.54, 1.807) is 13.8 Å². The van der Waals surface area contributed by atoms with Crippen LogP contribution in [0, 0.1) is 12.3 Å². The molecule has 3 nitrogen and oxygen atoms in total. The van der Waals surface area contributed by atoms with Crippen LogP contribution in [-0.4, -0.2) is 16.9 Å². The summed E-state index contributed by atoms with van der Waals surface area (Å²) in [7, 11) is 0. The van der Waals surface area contributed by atoms with Crippen molar-refractivity contribution in [1.29, 1.82) is 0 Å². The second-order valence-corrected chi connectivity index (χ2v) is 5.77. The van der Waals surface area contributed by atoms with E-state index in [-0.39, 0.29) is 12.2 Å². The summed E-state index contributed by atoms with van der Waals surface area (Å²) >= 11 is 0. The second kappa shape index (κ2) is 5.08. The van der Waals surface area contributed by atoms with Gasteiger partial charge in [-0.15, -0.1) is 0 Å². The second-order valence-electron chi connectivity index (χ2n) is 5.77. The van der Waals surface area contributed by atoms with Crippen molar-refractivity contribution in [1.82, 2.24) is 0 Å². The molecule has 2 rings (SSSR count). The van der Waals surface area contributed by atoms with Gasteiger partial charge >= 0.3 is 5.97 Å². The van der Waals surface area contributed by atoms with Crippen molar-refractivity contribution < 1.29 is 14.7 Å². The van der Waals surface area contributed by atoms with Gasteiger partial charge in [0.15, 0.2) is 5.78 Å². The zero-order valence-electron chi connectivity index (χ0n) is 11.9. The summed E-state index contributed by atoms with van der Waals surface area (Å²) in [6.07, 6.45) is -0.00280. The standard InChI is InChI=1S/C17H18O3/c1-11-8-9-12-6-4-5-7-13(12)15(11)14(18)10-17(2,3)16(19)20/h4-9H,10H2,1-3H3,(H,19,20). The molecular weight excluding hydrogens is 252 g/mol. The van der Waals surface area contributed by atoms with Gasteiger partial charge in [-0.25, -0.2) is 0 Å². The van der Waals surface area contributed by atoms with Gasteiger partial charge in [-0.05, 0) is 37.1 Å². The van der Waals surface area contributed by atoms with Crippen LogP contribution >= 0.6 is 0 Å². The Morgan fingerprint density at radius 3 is 2.40 bits per heavy atom. The van der Waals surface area contributed by atoms with Gasteiger partial charge in [0.25, 0.3) is 0 Å². The third kappa shape index (κ3) is 2.57. The normalized spacial score (nSPS) is 11.6. The van der Waals surface area contributed by atoms with E-state index in [0.717, 1.165) is 16.3 Å². The third-order valence-corrected chi connectivity index (χ3v) is 3.60. The molecule has 0 unspecified atom stereocenters. The van der Waals surface area contributed by atoms with E-state index in [1.807, 2.05) is 43.3 Å². The van der Waals surface area contributed by atoms with E-state index in [9.17, 15) is 9.59 Å². The lowest BCUT2D eigenvalue weighted by atomic mass is 9.83. The Bertz CT molecular complexity index is 684. The Labute approximate surface area is 118 Å². The number of hydrogen-bond donors (Lipinski definition) is 1. The molecule has 0 radical (unpaired) electrons. The molecular formula is C17H18O3. The van der Waals surface area contributed by atoms with Gasteiger partial charge in [0.1, 0.15) is 0 Å². The van der Waals surface area contributed by atoms with Crippen LogP contribution in [0.3, 0.4) is 0 Å². The minimum absolute atomic E-state index is 0.00280. The van der Waals surface area contributed by atoms with Crippen LogP contribution in [0.5, 0.6) is 0 Å². The van der Waals surface area contributed by atoms with Crippen molar-refractivity contribution in [3.05, 3.63) is 47.5 Å². The third-order valence-electron chi connectivity index (χ3n) is 3.60. The quantitative estimate of drug-likeness (QED) is 0.859. The molecule has 0 saturated heterocycles. The maximum Gasteiger partial charge on any atom is 0.309 e. The van der Waals surface area contributed by atoms with Crippen molar-refractivity contribution >= 4 is 22.5 Å². The van der Waals surface area contributed by atoms with Gasteiger partial charge in [0, 0.05) is 12.0 Å². The predicted octanol–water partition coefficient (Wildman–Crippen LogP) is 3.83. The summed E-state index contributed by atoms with van der Waals surface area (Å²) in [6.45, 7) is 5.04. The molecule has 1 N–H and O–H groups in total. The minimum atomic E-state index is -1.06. The monoisotopic (exact) mass is 270 g/mol. The Balaban J connectivity index is 2.50. The van der Waals surface area contributed by atoms with Crippen LogP contribution in [-0.2, 0) is 4.79 Å². The number of rotatable bonds is 4. The number of carbonyl (C=O) groups excluding carboxylic acids is 1. The molecule has 0 aliphatic carbocycles. The Morgan fingerprint density at radius 2 is 1.75 bits per heavy atom. The highest BCUT2D eigenvalue weighted by Gasteiger charge is 2.31. The van der Waals surface area contributed by atoms with E-state index in [4.69, 9.17) is 5.11 Å². The summed E-state index contributed by atoms with van der Waals surface area (Å²) in [5.74, 6) is -1.07. The predicted molar refractivity (Wildman–Crippen MR) is 79.0 cm³/mol. The molecule has 0 saturated carbocycles. The smallest absolute Gasteiger partial charge is 0.309 e. The van der Waals surface area contributed by atoms with Crippen LogP contribution < -0.4 is 0 Å². The first-order chi connectivity index (χ1) is 9.33. The molecule has 0 aromatic heterocycles. The van der Waals surface area contributed by atoms with Gasteiger partial charge in [0.2, 0.25) is 0 Å². The number of benzene rings is 2. The topological polar surface area (TPSA) is 54.4 Å². The zero-order chi connectivity index (χ0) is 14.9. The molecule has 0 aliphatic heterocycles. The molecule has 3 heteroatoms. The average molecular weight is 270 g/mol. The molecule has 0 aliphatic rings. The van der Waals surface area contributed by atoms with E-state index in [0.29, 0.717) is 5.56 Å². The molecule has 0 atom stereocenters. The summed E-state index contributed by atoms with van der Waals surface area (Å²) < 4.78 is 0. The molecule has 2 aromatic rings. The molecule has 0 amide bonds. The van der Waals surface area contributed by atoms with Crippen LogP contribution in [0.2, 0.25) is 0 Å². The summed E-state index contributed by atoms with van der Waals surface area (Å²) in [5, 5.41) is 11.1. The van der Waals surface area contributed by atoms with Gasteiger partial charge in [-0.3, -0.25) is 9.59 Å². The van der Waals surface area contributed by atoms with Crippen molar-refractivity contribution in [2.24, 2.45) is 5.41 Å². The van der Waals surface area contributed by atoms with Gasteiger partial charge in [0.05, 0.1) is 5.41 Å². The number of fused-ring (bicyclic) bond motifs is 1. The first-order valence-electron chi connectivity index (χ1n) is 6.58. The van der Waals surface area contributed by atoms with Crippen molar-refractivity contribution in [2.75, 3.05) is 0 Å². The first kappa shape index (κ1) is 14.3. The maximum atomic E-state index is 12.5. The molecule has 0 bridgehead atoms. The number of carboxylic acids is 1. The number of carbonyl (C=O) groups is 2. The fourth-order valence-electron chi connectivity index (χ4n) is 2.32. The summed E-state index contributed by atoms with van der Waals surface area (Å²) in [4.78, 5) is 23.7. The lowest BCUT2D eigenvalue weighted by molar-refractivity contribution is -0.146. The van der Waals surface area contributed by atoms with Crippen molar-refractivity contribution in [3.63, 3.8) is 0 Å². The molecule has 0 fully saturated rings. The average Bonchev–Trinajstić information content (AvgIpc) is 2.37. The summed E-state index contributed by atoms with van der Waals surface area (Å²) in [6, 6.07) is 11.6. The number of aryl methyl sites for hydroxylation is 1. The summed E-state index contributed by atoms with van der Waals surface area (Å²) in [5.41, 5.74) is 0.466. The fourth-order valence-corrected chi connectivity index (χ4v) is 2.32. The SMILES string of the molecule is Cc1ccc2ccccc2c1C(=O)CC(C)(C)C(=O)O. The lowest BCUT2D eigenvalue weighted by Crippen LogP contribution is -2.27. The lowest BCUT2D eigenvalue weighted by Gasteiger charge is -2.19. The van der Waals surface area contributed by atoms with Gasteiger partial charge in [-0.2, -0.15) is 0 Å². The Kier molecular flexibility index (Phi) is 3.62.